The summed E-state index contributed by atoms with van der Waals surface area (Å²) < 4.78 is 0. The summed E-state index contributed by atoms with van der Waals surface area (Å²) in [4.78, 5) is 12.9. The summed E-state index contributed by atoms with van der Waals surface area (Å²) in [5.74, 6) is 0. The summed E-state index contributed by atoms with van der Waals surface area (Å²) in [6.07, 6.45) is 4.81. The van der Waals surface area contributed by atoms with Crippen LogP contribution in [0.3, 0.4) is 0 Å². The Morgan fingerprint density at radius 1 is 1.17 bits per heavy atom. The first kappa shape index (κ1) is 11.0. The molecule has 0 radical (unpaired) electrons. The maximum Gasteiger partial charge on any atom is 0.202 e. The van der Waals surface area contributed by atoms with Crippen molar-refractivity contribution in [3.05, 3.63) is 41.3 Å². The standard InChI is InChI=1S/C12H8ClN5/c1-7-3-2-4-14-10(7)9-6-15-11-8(13)5-16-18-12(11)17-9/h2-6H,1H3. The fraction of sp³-hybridized carbons (Fsp3) is 0.0833. The lowest BCUT2D eigenvalue weighted by Crippen LogP contribution is -1.96. The number of halogens is 1. The SMILES string of the molecule is Cc1cccnc1-c1cnc2c(Cl)cnnc2n1. The normalized spacial score (nSPS) is 10.8. The van der Waals surface area contributed by atoms with Gasteiger partial charge in [0.05, 0.1) is 23.1 Å². The highest BCUT2D eigenvalue weighted by molar-refractivity contribution is 6.34. The van der Waals surface area contributed by atoms with Gasteiger partial charge in [0.1, 0.15) is 11.2 Å². The number of aryl methyl sites for hydroxylation is 1. The maximum absolute atomic E-state index is 5.97. The van der Waals surface area contributed by atoms with Crippen molar-refractivity contribution in [2.75, 3.05) is 0 Å². The molecule has 3 aromatic heterocycles. The number of fused-ring (bicyclic) bond motifs is 1. The summed E-state index contributed by atoms with van der Waals surface area (Å²) in [5.41, 5.74) is 3.45. The molecule has 0 aromatic carbocycles. The Hall–Kier alpha value is -2.14. The number of hydrogen-bond donors (Lipinski definition) is 0. The Bertz CT molecular complexity index is 728. The van der Waals surface area contributed by atoms with Crippen LogP contribution >= 0.6 is 11.6 Å². The first-order valence-electron chi connectivity index (χ1n) is 5.31. The van der Waals surface area contributed by atoms with Crippen molar-refractivity contribution < 1.29 is 0 Å². The van der Waals surface area contributed by atoms with Gasteiger partial charge in [0.2, 0.25) is 5.65 Å². The van der Waals surface area contributed by atoms with Gasteiger partial charge in [0.25, 0.3) is 0 Å². The van der Waals surface area contributed by atoms with Crippen LogP contribution in [0.2, 0.25) is 5.02 Å². The molecule has 0 amide bonds. The fourth-order valence-electron chi connectivity index (χ4n) is 1.68. The monoisotopic (exact) mass is 257 g/mol. The summed E-state index contributed by atoms with van der Waals surface area (Å²) in [5, 5.41) is 8.13. The summed E-state index contributed by atoms with van der Waals surface area (Å²) in [7, 11) is 0. The smallest absolute Gasteiger partial charge is 0.202 e. The molecular weight excluding hydrogens is 250 g/mol. The molecule has 0 atom stereocenters. The van der Waals surface area contributed by atoms with E-state index in [-0.39, 0.29) is 0 Å². The molecular formula is C12H8ClN5. The van der Waals surface area contributed by atoms with Gasteiger partial charge in [-0.2, -0.15) is 5.10 Å². The highest BCUT2D eigenvalue weighted by Crippen LogP contribution is 2.21. The van der Waals surface area contributed by atoms with Gasteiger partial charge in [-0.3, -0.25) is 4.98 Å². The zero-order chi connectivity index (χ0) is 12.5. The lowest BCUT2D eigenvalue weighted by Gasteiger charge is -2.04. The molecule has 0 saturated carbocycles. The van der Waals surface area contributed by atoms with Crippen LogP contribution in [0.5, 0.6) is 0 Å². The summed E-state index contributed by atoms with van der Waals surface area (Å²) >= 11 is 5.97. The van der Waals surface area contributed by atoms with Crippen LogP contribution in [0.4, 0.5) is 0 Å². The molecule has 0 fully saturated rings. The van der Waals surface area contributed by atoms with Gasteiger partial charge < -0.3 is 0 Å². The minimum atomic E-state index is 0.421. The van der Waals surface area contributed by atoms with Gasteiger partial charge in [-0.15, -0.1) is 5.10 Å². The molecule has 0 N–H and O–H groups in total. The highest BCUT2D eigenvalue weighted by atomic mass is 35.5. The lowest BCUT2D eigenvalue weighted by molar-refractivity contribution is 1.04. The van der Waals surface area contributed by atoms with Crippen LogP contribution in [0.25, 0.3) is 22.6 Å². The van der Waals surface area contributed by atoms with Gasteiger partial charge in [-0.05, 0) is 18.6 Å². The third kappa shape index (κ3) is 1.78. The van der Waals surface area contributed by atoms with Crippen molar-refractivity contribution in [3.8, 4) is 11.4 Å². The van der Waals surface area contributed by atoms with E-state index in [1.165, 1.54) is 6.20 Å². The van der Waals surface area contributed by atoms with Crippen LogP contribution in [-0.4, -0.2) is 25.1 Å². The molecule has 0 spiro atoms. The van der Waals surface area contributed by atoms with E-state index in [0.29, 0.717) is 21.9 Å². The topological polar surface area (TPSA) is 64.5 Å². The van der Waals surface area contributed by atoms with E-state index in [4.69, 9.17) is 11.6 Å². The second kappa shape index (κ2) is 4.27. The molecule has 0 saturated heterocycles. The van der Waals surface area contributed by atoms with E-state index >= 15 is 0 Å². The number of rotatable bonds is 1. The Morgan fingerprint density at radius 2 is 2.06 bits per heavy atom. The molecule has 0 aliphatic rings. The third-order valence-electron chi connectivity index (χ3n) is 2.56. The Morgan fingerprint density at radius 3 is 2.89 bits per heavy atom. The minimum absolute atomic E-state index is 0.421. The number of pyridine rings is 1. The minimum Gasteiger partial charge on any atom is -0.254 e. The van der Waals surface area contributed by atoms with Crippen molar-refractivity contribution in [2.45, 2.75) is 6.92 Å². The van der Waals surface area contributed by atoms with Crippen molar-refractivity contribution >= 4 is 22.8 Å². The largest absolute Gasteiger partial charge is 0.254 e. The maximum atomic E-state index is 5.97. The molecule has 3 heterocycles. The molecule has 6 heteroatoms. The first-order chi connectivity index (χ1) is 8.75. The quantitative estimate of drug-likeness (QED) is 0.670. The van der Waals surface area contributed by atoms with Crippen LogP contribution in [0.1, 0.15) is 5.56 Å². The molecule has 0 aliphatic carbocycles. The molecule has 3 rings (SSSR count). The third-order valence-corrected chi connectivity index (χ3v) is 2.83. The predicted octanol–water partition coefficient (Wildman–Crippen LogP) is 2.44. The molecule has 5 nitrogen and oxygen atoms in total. The van der Waals surface area contributed by atoms with Crippen LogP contribution in [-0.2, 0) is 0 Å². The Labute approximate surface area is 108 Å². The average molecular weight is 258 g/mol. The second-order valence-electron chi connectivity index (χ2n) is 3.79. The number of nitrogens with zero attached hydrogens (tertiary/aromatic N) is 5. The first-order valence-corrected chi connectivity index (χ1v) is 5.69. The van der Waals surface area contributed by atoms with Crippen LogP contribution < -0.4 is 0 Å². The predicted molar refractivity (Wildman–Crippen MR) is 68.1 cm³/mol. The zero-order valence-corrected chi connectivity index (χ0v) is 10.3. The van der Waals surface area contributed by atoms with Gasteiger partial charge >= 0.3 is 0 Å². The van der Waals surface area contributed by atoms with Crippen LogP contribution in [0.15, 0.2) is 30.7 Å². The molecule has 3 aromatic rings. The van der Waals surface area contributed by atoms with E-state index < -0.39 is 0 Å². The van der Waals surface area contributed by atoms with E-state index in [2.05, 4.69) is 25.1 Å². The summed E-state index contributed by atoms with van der Waals surface area (Å²) in [6, 6.07) is 3.85. The number of hydrogen-bond acceptors (Lipinski definition) is 5. The van der Waals surface area contributed by atoms with E-state index in [1.54, 1.807) is 12.4 Å². The zero-order valence-electron chi connectivity index (χ0n) is 9.50. The van der Waals surface area contributed by atoms with E-state index in [0.717, 1.165) is 11.3 Å². The van der Waals surface area contributed by atoms with Gasteiger partial charge in [-0.25, -0.2) is 9.97 Å². The van der Waals surface area contributed by atoms with Crippen molar-refractivity contribution in [1.29, 1.82) is 0 Å². The molecule has 88 valence electrons. The fourth-order valence-corrected chi connectivity index (χ4v) is 1.86. The van der Waals surface area contributed by atoms with E-state index in [9.17, 15) is 0 Å². The van der Waals surface area contributed by atoms with Gasteiger partial charge in [0.15, 0.2) is 0 Å². The van der Waals surface area contributed by atoms with Crippen molar-refractivity contribution in [3.63, 3.8) is 0 Å². The number of aromatic nitrogens is 5. The van der Waals surface area contributed by atoms with Crippen molar-refractivity contribution in [1.82, 2.24) is 25.1 Å². The highest BCUT2D eigenvalue weighted by Gasteiger charge is 2.09. The molecule has 0 unspecified atom stereocenters. The van der Waals surface area contributed by atoms with Gasteiger partial charge in [-0.1, -0.05) is 17.7 Å². The average Bonchev–Trinajstić information content (AvgIpc) is 2.39. The molecule has 0 aliphatic heterocycles. The van der Waals surface area contributed by atoms with Crippen molar-refractivity contribution in [2.24, 2.45) is 0 Å². The Balaban J connectivity index is 2.23. The van der Waals surface area contributed by atoms with Crippen LogP contribution in [0, 0.1) is 6.92 Å². The summed E-state index contributed by atoms with van der Waals surface area (Å²) in [6.45, 7) is 1.97. The van der Waals surface area contributed by atoms with Gasteiger partial charge in [0, 0.05) is 6.20 Å². The molecule has 18 heavy (non-hydrogen) atoms. The Kier molecular flexibility index (Phi) is 2.60. The lowest BCUT2D eigenvalue weighted by atomic mass is 10.2. The van der Waals surface area contributed by atoms with E-state index in [1.807, 2.05) is 19.1 Å². The second-order valence-corrected chi connectivity index (χ2v) is 4.20. The molecule has 0 bridgehead atoms.